The normalized spacial score (nSPS) is 10.6. The Kier molecular flexibility index (Phi) is 8.27. The summed E-state index contributed by atoms with van der Waals surface area (Å²) >= 11 is 0. The number of hydrazine groups is 1. The van der Waals surface area contributed by atoms with E-state index in [1.807, 2.05) is 36.4 Å². The monoisotopic (exact) mass is 486 g/mol. The maximum Gasteiger partial charge on any atom is 0.276 e. The largest absolute Gasteiger partial charge is 0.489 e. The highest BCUT2D eigenvalue weighted by Crippen LogP contribution is 2.18. The first-order valence-corrected chi connectivity index (χ1v) is 11.5. The van der Waals surface area contributed by atoms with Gasteiger partial charge in [-0.3, -0.25) is 29.8 Å². The molecule has 0 spiro atoms. The molecular weight excluding hydrogens is 460 g/mol. The van der Waals surface area contributed by atoms with E-state index in [4.69, 9.17) is 9.47 Å². The van der Waals surface area contributed by atoms with Crippen molar-refractivity contribution in [3.05, 3.63) is 101 Å². The van der Waals surface area contributed by atoms with Crippen LogP contribution >= 0.6 is 0 Å². The fraction of sp³-hybridized carbons (Fsp3) is 0.185. The molecule has 9 nitrogen and oxygen atoms in total. The van der Waals surface area contributed by atoms with Crippen molar-refractivity contribution in [1.29, 1.82) is 0 Å². The van der Waals surface area contributed by atoms with Gasteiger partial charge in [-0.1, -0.05) is 42.5 Å². The predicted octanol–water partition coefficient (Wildman–Crippen LogP) is 2.98. The van der Waals surface area contributed by atoms with Gasteiger partial charge in [-0.25, -0.2) is 4.98 Å². The van der Waals surface area contributed by atoms with Gasteiger partial charge < -0.3 is 9.47 Å². The van der Waals surface area contributed by atoms with E-state index in [1.54, 1.807) is 42.5 Å². The Morgan fingerprint density at radius 3 is 2.25 bits per heavy atom. The Hall–Kier alpha value is -4.66. The second-order valence-corrected chi connectivity index (χ2v) is 7.99. The summed E-state index contributed by atoms with van der Waals surface area (Å²) in [5.41, 5.74) is 6.22. The molecule has 4 aromatic rings. The van der Waals surface area contributed by atoms with Crippen LogP contribution < -0.4 is 25.9 Å². The molecular formula is C27H26N4O5. The molecule has 0 radical (unpaired) electrons. The van der Waals surface area contributed by atoms with Gasteiger partial charge in [0.25, 0.3) is 11.5 Å². The number of ether oxygens (including phenoxy) is 2. The molecule has 0 unspecified atom stereocenters. The molecule has 2 amide bonds. The highest BCUT2D eigenvalue weighted by Gasteiger charge is 2.08. The molecule has 0 bridgehead atoms. The minimum absolute atomic E-state index is 0.130. The molecule has 184 valence electrons. The molecule has 2 N–H and O–H groups in total. The Bertz CT molecular complexity index is 1370. The van der Waals surface area contributed by atoms with Crippen LogP contribution in [0.1, 0.15) is 18.4 Å². The van der Waals surface area contributed by atoms with E-state index in [0.29, 0.717) is 42.0 Å². The standard InChI is InChI=1S/C27H26N4O5/c32-25(11-6-16-31-19-28-24-10-5-4-9-23(24)27(31)34)29-30-26(33)18-36-22-14-12-21(13-15-22)35-17-20-7-2-1-3-8-20/h1-5,7-10,12-15,19H,6,11,16-18H2,(H,29,32)(H,30,33). The van der Waals surface area contributed by atoms with Gasteiger partial charge in [-0.05, 0) is 48.4 Å². The number of fused-ring (bicyclic) bond motifs is 1. The highest BCUT2D eigenvalue weighted by molar-refractivity contribution is 5.82. The topological polar surface area (TPSA) is 112 Å². The number of hydrogen-bond donors (Lipinski definition) is 2. The minimum Gasteiger partial charge on any atom is -0.489 e. The van der Waals surface area contributed by atoms with Gasteiger partial charge in [0.2, 0.25) is 5.91 Å². The molecule has 36 heavy (non-hydrogen) atoms. The van der Waals surface area contributed by atoms with E-state index in [2.05, 4.69) is 15.8 Å². The molecule has 1 heterocycles. The molecule has 0 saturated heterocycles. The third-order valence-corrected chi connectivity index (χ3v) is 5.32. The zero-order chi connectivity index (χ0) is 25.2. The van der Waals surface area contributed by atoms with Crippen LogP contribution in [0.15, 0.2) is 90.0 Å². The predicted molar refractivity (Wildman–Crippen MR) is 134 cm³/mol. The lowest BCUT2D eigenvalue weighted by molar-refractivity contribution is -0.130. The summed E-state index contributed by atoms with van der Waals surface area (Å²) in [5.74, 6) is 0.315. The molecule has 0 atom stereocenters. The Morgan fingerprint density at radius 2 is 1.47 bits per heavy atom. The van der Waals surface area contributed by atoms with Crippen LogP contribution in [-0.4, -0.2) is 28.0 Å². The minimum atomic E-state index is -0.497. The lowest BCUT2D eigenvalue weighted by Crippen LogP contribution is -2.43. The molecule has 9 heteroatoms. The summed E-state index contributed by atoms with van der Waals surface area (Å²) in [5, 5.41) is 0.533. The number of aromatic nitrogens is 2. The summed E-state index contributed by atoms with van der Waals surface area (Å²) in [6, 6.07) is 23.9. The zero-order valence-electron chi connectivity index (χ0n) is 19.6. The number of nitrogens with one attached hydrogen (secondary N) is 2. The van der Waals surface area contributed by atoms with Crippen LogP contribution in [0.3, 0.4) is 0 Å². The Labute approximate surface area is 207 Å². The second-order valence-electron chi connectivity index (χ2n) is 7.99. The van der Waals surface area contributed by atoms with Crippen LogP contribution in [-0.2, 0) is 22.7 Å². The smallest absolute Gasteiger partial charge is 0.276 e. The molecule has 1 aromatic heterocycles. The summed E-state index contributed by atoms with van der Waals surface area (Å²) in [6.45, 7) is 0.536. The fourth-order valence-electron chi connectivity index (χ4n) is 3.44. The maximum absolute atomic E-state index is 12.5. The van der Waals surface area contributed by atoms with Crippen molar-refractivity contribution in [2.24, 2.45) is 0 Å². The number of carbonyl (C=O) groups is 2. The summed E-state index contributed by atoms with van der Waals surface area (Å²) < 4.78 is 12.6. The summed E-state index contributed by atoms with van der Waals surface area (Å²) in [4.78, 5) is 40.7. The molecule has 4 rings (SSSR count). The number of hydrogen-bond acceptors (Lipinski definition) is 6. The van der Waals surface area contributed by atoms with Crippen molar-refractivity contribution >= 4 is 22.7 Å². The van der Waals surface area contributed by atoms with Crippen LogP contribution in [0.25, 0.3) is 10.9 Å². The van der Waals surface area contributed by atoms with Crippen molar-refractivity contribution in [2.45, 2.75) is 26.0 Å². The first-order valence-electron chi connectivity index (χ1n) is 11.5. The molecule has 0 fully saturated rings. The summed E-state index contributed by atoms with van der Waals surface area (Å²) in [6.07, 6.45) is 2.02. The van der Waals surface area contributed by atoms with Gasteiger partial charge in [0.15, 0.2) is 6.61 Å². The average Bonchev–Trinajstić information content (AvgIpc) is 2.92. The lowest BCUT2D eigenvalue weighted by Gasteiger charge is -2.10. The van der Waals surface area contributed by atoms with E-state index in [9.17, 15) is 14.4 Å². The van der Waals surface area contributed by atoms with E-state index < -0.39 is 5.91 Å². The van der Waals surface area contributed by atoms with Crippen molar-refractivity contribution in [3.63, 3.8) is 0 Å². The average molecular weight is 487 g/mol. The van der Waals surface area contributed by atoms with E-state index in [-0.39, 0.29) is 24.5 Å². The fourth-order valence-corrected chi connectivity index (χ4v) is 3.44. The highest BCUT2D eigenvalue weighted by atomic mass is 16.5. The quantitative estimate of drug-likeness (QED) is 0.334. The van der Waals surface area contributed by atoms with Crippen LogP contribution in [0, 0.1) is 0 Å². The Morgan fingerprint density at radius 1 is 0.806 bits per heavy atom. The second kappa shape index (κ2) is 12.2. The number of carbonyl (C=O) groups excluding carboxylic acids is 2. The molecule has 0 aliphatic heterocycles. The maximum atomic E-state index is 12.5. The summed E-state index contributed by atoms with van der Waals surface area (Å²) in [7, 11) is 0. The van der Waals surface area contributed by atoms with Crippen molar-refractivity contribution in [3.8, 4) is 11.5 Å². The number of rotatable bonds is 10. The third-order valence-electron chi connectivity index (χ3n) is 5.32. The van der Waals surface area contributed by atoms with Gasteiger partial charge >= 0.3 is 0 Å². The van der Waals surface area contributed by atoms with Crippen LogP contribution in [0.2, 0.25) is 0 Å². The van der Waals surface area contributed by atoms with Gasteiger partial charge in [0.05, 0.1) is 17.2 Å². The molecule has 0 aliphatic carbocycles. The number of aryl methyl sites for hydroxylation is 1. The number of para-hydroxylation sites is 1. The molecule has 3 aromatic carbocycles. The SMILES string of the molecule is O=C(CCCn1cnc2ccccc2c1=O)NNC(=O)COc1ccc(OCc2ccccc2)cc1. The van der Waals surface area contributed by atoms with Crippen LogP contribution in [0.4, 0.5) is 0 Å². The number of amides is 2. The van der Waals surface area contributed by atoms with Crippen molar-refractivity contribution in [2.75, 3.05) is 6.61 Å². The van der Waals surface area contributed by atoms with E-state index >= 15 is 0 Å². The lowest BCUT2D eigenvalue weighted by atomic mass is 10.2. The first kappa shape index (κ1) is 24.5. The molecule has 0 aliphatic rings. The number of benzene rings is 3. The molecule has 0 saturated carbocycles. The van der Waals surface area contributed by atoms with Crippen molar-refractivity contribution < 1.29 is 19.1 Å². The zero-order valence-corrected chi connectivity index (χ0v) is 19.6. The van der Waals surface area contributed by atoms with Crippen molar-refractivity contribution in [1.82, 2.24) is 20.4 Å². The first-order chi connectivity index (χ1) is 17.6. The van der Waals surface area contributed by atoms with Gasteiger partial charge in [0.1, 0.15) is 18.1 Å². The van der Waals surface area contributed by atoms with Crippen LogP contribution in [0.5, 0.6) is 11.5 Å². The van der Waals surface area contributed by atoms with E-state index in [0.717, 1.165) is 5.56 Å². The van der Waals surface area contributed by atoms with Gasteiger partial charge in [-0.2, -0.15) is 0 Å². The Balaban J connectivity index is 1.13. The van der Waals surface area contributed by atoms with Gasteiger partial charge in [0, 0.05) is 13.0 Å². The number of nitrogens with zero attached hydrogens (tertiary/aromatic N) is 2. The van der Waals surface area contributed by atoms with E-state index in [1.165, 1.54) is 10.9 Å². The third kappa shape index (κ3) is 6.92. The van der Waals surface area contributed by atoms with Gasteiger partial charge in [-0.15, -0.1) is 0 Å².